The lowest BCUT2D eigenvalue weighted by molar-refractivity contribution is -0.392. The van der Waals surface area contributed by atoms with Crippen LogP contribution in [0.5, 0.6) is 0 Å². The fraction of sp³-hybridized carbons (Fsp3) is 0.250. The lowest BCUT2D eigenvalue weighted by atomic mass is 9.91. The van der Waals surface area contributed by atoms with Crippen molar-refractivity contribution in [2.24, 2.45) is 0 Å². The topological polar surface area (TPSA) is 9.23 Å². The van der Waals surface area contributed by atoms with Gasteiger partial charge < -0.3 is 4.74 Å². The molecule has 0 radical (unpaired) electrons. The summed E-state index contributed by atoms with van der Waals surface area (Å²) in [5.74, 6) is -2.63. The second kappa shape index (κ2) is 6.62. The zero-order valence-corrected chi connectivity index (χ0v) is 12.3. The highest BCUT2D eigenvalue weighted by atomic mass is 19.4. The van der Waals surface area contributed by atoms with Gasteiger partial charge in [0, 0.05) is 11.1 Å². The van der Waals surface area contributed by atoms with Crippen molar-refractivity contribution in [3.63, 3.8) is 0 Å². The Bertz CT molecular complexity index is 687. The maximum atomic E-state index is 13.5. The molecule has 0 bridgehead atoms. The Labute approximate surface area is 136 Å². The summed E-state index contributed by atoms with van der Waals surface area (Å²) in [6.07, 6.45) is -11.8. The van der Waals surface area contributed by atoms with E-state index in [-0.39, 0.29) is 0 Å². The summed E-state index contributed by atoms with van der Waals surface area (Å²) >= 11 is 0. The van der Waals surface area contributed by atoms with Crippen LogP contribution in [0.2, 0.25) is 0 Å². The molecular formula is C16H10F8O. The van der Waals surface area contributed by atoms with E-state index >= 15 is 0 Å². The standard InChI is InChI=1S/C16H10F8O/c17-12-7-4-8-13(18)11(12)9-25-14(15(19,20)21,16(22,23)24)10-5-2-1-3-6-10/h1-8H,9H2. The molecule has 0 unspecified atom stereocenters. The molecule has 2 aromatic carbocycles. The Balaban J connectivity index is 2.56. The molecule has 0 aliphatic rings. The molecule has 0 heterocycles. The van der Waals surface area contributed by atoms with Crippen molar-refractivity contribution in [3.8, 4) is 0 Å². The van der Waals surface area contributed by atoms with Gasteiger partial charge in [0.25, 0.3) is 5.60 Å². The molecule has 2 aromatic rings. The van der Waals surface area contributed by atoms with Gasteiger partial charge in [0.1, 0.15) is 11.6 Å². The molecule has 0 aliphatic carbocycles. The highest BCUT2D eigenvalue weighted by molar-refractivity contribution is 5.27. The Hall–Kier alpha value is -2.16. The summed E-state index contributed by atoms with van der Waals surface area (Å²) < 4.78 is 112. The number of alkyl halides is 6. The first kappa shape index (κ1) is 19.2. The van der Waals surface area contributed by atoms with Crippen LogP contribution in [0.15, 0.2) is 48.5 Å². The van der Waals surface area contributed by atoms with Gasteiger partial charge in [-0.2, -0.15) is 26.3 Å². The Morgan fingerprint density at radius 2 is 1.16 bits per heavy atom. The van der Waals surface area contributed by atoms with Gasteiger partial charge in [0.05, 0.1) is 6.61 Å². The quantitative estimate of drug-likeness (QED) is 0.646. The largest absolute Gasteiger partial charge is 0.430 e. The zero-order chi connectivity index (χ0) is 18.9. The predicted octanol–water partition coefficient (Wildman–Crippen LogP) is 5.50. The first-order valence-corrected chi connectivity index (χ1v) is 6.76. The molecule has 0 aromatic heterocycles. The predicted molar refractivity (Wildman–Crippen MR) is 71.4 cm³/mol. The van der Waals surface area contributed by atoms with Crippen LogP contribution in [0, 0.1) is 11.6 Å². The van der Waals surface area contributed by atoms with Crippen molar-refractivity contribution in [2.75, 3.05) is 0 Å². The van der Waals surface area contributed by atoms with Gasteiger partial charge in [-0.3, -0.25) is 0 Å². The molecule has 0 N–H and O–H groups in total. The molecule has 0 amide bonds. The van der Waals surface area contributed by atoms with Crippen LogP contribution in [0.1, 0.15) is 11.1 Å². The van der Waals surface area contributed by atoms with Crippen molar-refractivity contribution in [1.29, 1.82) is 0 Å². The third kappa shape index (κ3) is 3.46. The third-order valence-corrected chi connectivity index (χ3v) is 3.47. The first-order valence-electron chi connectivity index (χ1n) is 6.76. The Morgan fingerprint density at radius 1 is 0.680 bits per heavy atom. The average molecular weight is 370 g/mol. The highest BCUT2D eigenvalue weighted by Gasteiger charge is 2.73. The Morgan fingerprint density at radius 3 is 1.60 bits per heavy atom. The molecule has 1 nitrogen and oxygen atoms in total. The summed E-state index contributed by atoms with van der Waals surface area (Å²) in [5, 5.41) is 0. The molecule has 136 valence electrons. The zero-order valence-electron chi connectivity index (χ0n) is 12.3. The fourth-order valence-corrected chi connectivity index (χ4v) is 2.26. The second-order valence-corrected chi connectivity index (χ2v) is 5.03. The normalized spacial score (nSPS) is 13.1. The lowest BCUT2D eigenvalue weighted by Gasteiger charge is -2.37. The first-order chi connectivity index (χ1) is 11.5. The minimum atomic E-state index is -5.92. The second-order valence-electron chi connectivity index (χ2n) is 5.03. The van der Waals surface area contributed by atoms with Crippen LogP contribution < -0.4 is 0 Å². The number of hydrogen-bond donors (Lipinski definition) is 0. The summed E-state index contributed by atoms with van der Waals surface area (Å²) in [6, 6.07) is 6.64. The lowest BCUT2D eigenvalue weighted by Crippen LogP contribution is -2.55. The van der Waals surface area contributed by atoms with E-state index in [9.17, 15) is 35.1 Å². The van der Waals surface area contributed by atoms with Crippen molar-refractivity contribution in [2.45, 2.75) is 24.6 Å². The van der Waals surface area contributed by atoms with E-state index in [1.165, 1.54) is 6.07 Å². The van der Waals surface area contributed by atoms with Gasteiger partial charge in [0.2, 0.25) is 0 Å². The average Bonchev–Trinajstić information content (AvgIpc) is 2.48. The summed E-state index contributed by atoms with van der Waals surface area (Å²) in [7, 11) is 0. The summed E-state index contributed by atoms with van der Waals surface area (Å²) in [4.78, 5) is 0. The van der Waals surface area contributed by atoms with Crippen LogP contribution >= 0.6 is 0 Å². The van der Waals surface area contributed by atoms with Crippen LogP contribution in [0.4, 0.5) is 35.1 Å². The molecule has 0 saturated carbocycles. The smallest absolute Gasteiger partial charge is 0.349 e. The summed E-state index contributed by atoms with van der Waals surface area (Å²) in [5.41, 5.74) is -7.00. The maximum Gasteiger partial charge on any atom is 0.430 e. The van der Waals surface area contributed by atoms with E-state index < -0.39 is 47.3 Å². The van der Waals surface area contributed by atoms with Gasteiger partial charge in [0.15, 0.2) is 0 Å². The van der Waals surface area contributed by atoms with Gasteiger partial charge in [-0.15, -0.1) is 0 Å². The van der Waals surface area contributed by atoms with Crippen LogP contribution in [-0.2, 0) is 16.9 Å². The fourth-order valence-electron chi connectivity index (χ4n) is 2.26. The number of halogens is 8. The molecule has 9 heteroatoms. The van der Waals surface area contributed by atoms with Gasteiger partial charge in [-0.1, -0.05) is 36.4 Å². The molecule has 0 saturated heterocycles. The van der Waals surface area contributed by atoms with E-state index in [2.05, 4.69) is 4.74 Å². The van der Waals surface area contributed by atoms with Gasteiger partial charge in [-0.05, 0) is 12.1 Å². The molecule has 2 rings (SSSR count). The molecule has 0 aliphatic heterocycles. The third-order valence-electron chi connectivity index (χ3n) is 3.47. The molecule has 0 atom stereocenters. The Kier molecular flexibility index (Phi) is 5.08. The molecule has 25 heavy (non-hydrogen) atoms. The van der Waals surface area contributed by atoms with Crippen molar-refractivity contribution in [1.82, 2.24) is 0 Å². The van der Waals surface area contributed by atoms with Gasteiger partial charge >= 0.3 is 12.4 Å². The van der Waals surface area contributed by atoms with Crippen LogP contribution in [0.3, 0.4) is 0 Å². The number of hydrogen-bond acceptors (Lipinski definition) is 1. The number of ether oxygens (including phenoxy) is 1. The summed E-state index contributed by atoms with van der Waals surface area (Å²) in [6.45, 7) is -1.56. The molecule has 0 spiro atoms. The van der Waals surface area contributed by atoms with E-state index in [0.29, 0.717) is 24.3 Å². The number of benzene rings is 2. The molecular weight excluding hydrogens is 360 g/mol. The highest BCUT2D eigenvalue weighted by Crippen LogP contribution is 2.53. The van der Waals surface area contributed by atoms with Crippen LogP contribution in [-0.4, -0.2) is 12.4 Å². The molecule has 0 fully saturated rings. The van der Waals surface area contributed by atoms with E-state index in [1.807, 2.05) is 0 Å². The van der Waals surface area contributed by atoms with E-state index in [4.69, 9.17) is 0 Å². The van der Waals surface area contributed by atoms with Crippen LogP contribution in [0.25, 0.3) is 0 Å². The number of rotatable bonds is 4. The van der Waals surface area contributed by atoms with Crippen molar-refractivity contribution < 1.29 is 39.9 Å². The SMILES string of the molecule is Fc1cccc(F)c1COC(c1ccccc1)(C(F)(F)F)C(F)(F)F. The van der Waals surface area contributed by atoms with Crippen molar-refractivity contribution in [3.05, 3.63) is 71.3 Å². The maximum absolute atomic E-state index is 13.5. The minimum absolute atomic E-state index is 0.582. The minimum Gasteiger partial charge on any atom is -0.349 e. The van der Waals surface area contributed by atoms with Crippen molar-refractivity contribution >= 4 is 0 Å². The van der Waals surface area contributed by atoms with E-state index in [0.717, 1.165) is 18.2 Å². The van der Waals surface area contributed by atoms with E-state index in [1.54, 1.807) is 0 Å². The van der Waals surface area contributed by atoms with Gasteiger partial charge in [-0.25, -0.2) is 8.78 Å². The monoisotopic (exact) mass is 370 g/mol.